The third-order valence-corrected chi connectivity index (χ3v) is 6.86. The maximum absolute atomic E-state index is 13.1. The molecular weight excluding hydrogens is 457 g/mol. The number of nitrogens with zero attached hydrogens (tertiary/aromatic N) is 1. The van der Waals surface area contributed by atoms with E-state index in [1.165, 1.54) is 12.1 Å². The van der Waals surface area contributed by atoms with Crippen molar-refractivity contribution in [2.45, 2.75) is 50.7 Å². The Kier molecular flexibility index (Phi) is 7.64. The third kappa shape index (κ3) is 6.33. The average Bonchev–Trinajstić information content (AvgIpc) is 2.85. The Bertz CT molecular complexity index is 1040. The van der Waals surface area contributed by atoms with E-state index in [-0.39, 0.29) is 23.9 Å². The van der Waals surface area contributed by atoms with Crippen LogP contribution in [0.5, 0.6) is 0 Å². The summed E-state index contributed by atoms with van der Waals surface area (Å²) in [6, 6.07) is 10.4. The monoisotopic (exact) mass is 488 g/mol. The summed E-state index contributed by atoms with van der Waals surface area (Å²) in [6.07, 6.45) is -1.02. The van der Waals surface area contributed by atoms with Crippen LogP contribution in [-0.2, 0) is 6.18 Å². The Hall–Kier alpha value is -3.07. The van der Waals surface area contributed by atoms with Gasteiger partial charge in [-0.1, -0.05) is 18.2 Å². The van der Waals surface area contributed by atoms with E-state index in [9.17, 15) is 22.8 Å². The summed E-state index contributed by atoms with van der Waals surface area (Å²) in [4.78, 5) is 27.3. The van der Waals surface area contributed by atoms with Crippen LogP contribution >= 0.6 is 0 Å². The van der Waals surface area contributed by atoms with Crippen molar-refractivity contribution in [1.29, 1.82) is 0 Å². The van der Waals surface area contributed by atoms with Crippen molar-refractivity contribution < 1.29 is 22.8 Å². The molecule has 2 aliphatic rings. The predicted molar refractivity (Wildman–Crippen MR) is 129 cm³/mol. The van der Waals surface area contributed by atoms with Gasteiger partial charge in [-0.2, -0.15) is 13.2 Å². The quantitative estimate of drug-likeness (QED) is 0.573. The van der Waals surface area contributed by atoms with E-state index in [4.69, 9.17) is 0 Å². The molecule has 0 radical (unpaired) electrons. The summed E-state index contributed by atoms with van der Waals surface area (Å²) in [6.45, 7) is 4.63. The molecule has 3 amide bonds. The van der Waals surface area contributed by atoms with Gasteiger partial charge in [-0.15, -0.1) is 0 Å². The number of hydrogen-bond donors (Lipinski definition) is 3. The van der Waals surface area contributed by atoms with Crippen molar-refractivity contribution in [3.8, 4) is 0 Å². The van der Waals surface area contributed by atoms with Gasteiger partial charge in [0.25, 0.3) is 5.91 Å². The maximum Gasteiger partial charge on any atom is 0.416 e. The lowest BCUT2D eigenvalue weighted by Crippen LogP contribution is -2.47. The van der Waals surface area contributed by atoms with Gasteiger partial charge in [-0.25, -0.2) is 4.79 Å². The molecule has 0 aliphatic carbocycles. The number of aryl methyl sites for hydroxylation is 1. The molecule has 6 nitrogen and oxygen atoms in total. The molecule has 1 atom stereocenters. The summed E-state index contributed by atoms with van der Waals surface area (Å²) in [5.74, 6) is 0.00496. The van der Waals surface area contributed by atoms with Crippen molar-refractivity contribution in [2.75, 3.05) is 31.5 Å². The number of hydrogen-bond acceptors (Lipinski definition) is 3. The molecule has 1 unspecified atom stereocenters. The second-order valence-electron chi connectivity index (χ2n) is 9.36. The number of halogens is 3. The predicted octanol–water partition coefficient (Wildman–Crippen LogP) is 4.91. The van der Waals surface area contributed by atoms with Gasteiger partial charge in [-0.05, 0) is 80.5 Å². The SMILES string of the molecule is Cc1ccc(C(=O)N2CCC(c3ccc(C(F)(F)F)cc3)CC2)cc1NC(=O)NC1CCCNC1. The normalized spacial score (nSPS) is 19.3. The van der Waals surface area contributed by atoms with Crippen molar-refractivity contribution in [3.63, 3.8) is 0 Å². The molecule has 2 aliphatic heterocycles. The number of nitrogens with one attached hydrogen (secondary N) is 3. The van der Waals surface area contributed by atoms with Gasteiger partial charge in [0.05, 0.1) is 5.56 Å². The number of alkyl halides is 3. The molecule has 0 bridgehead atoms. The smallest absolute Gasteiger partial charge is 0.339 e. The number of urea groups is 1. The second-order valence-corrected chi connectivity index (χ2v) is 9.36. The summed E-state index contributed by atoms with van der Waals surface area (Å²) >= 11 is 0. The Morgan fingerprint density at radius 1 is 1.03 bits per heavy atom. The fourth-order valence-corrected chi connectivity index (χ4v) is 4.75. The van der Waals surface area contributed by atoms with Crippen LogP contribution in [0.4, 0.5) is 23.7 Å². The lowest BCUT2D eigenvalue weighted by Gasteiger charge is -2.32. The Morgan fingerprint density at radius 2 is 1.74 bits per heavy atom. The Labute approximate surface area is 203 Å². The first-order valence-electron chi connectivity index (χ1n) is 12.1. The van der Waals surface area contributed by atoms with Crippen LogP contribution in [0.2, 0.25) is 0 Å². The van der Waals surface area contributed by atoms with Gasteiger partial charge in [0.15, 0.2) is 0 Å². The molecule has 2 aromatic carbocycles. The molecule has 3 N–H and O–H groups in total. The van der Waals surface area contributed by atoms with Crippen LogP contribution in [-0.4, -0.2) is 49.1 Å². The lowest BCUT2D eigenvalue weighted by atomic mass is 9.88. The minimum Gasteiger partial charge on any atom is -0.339 e. The van der Waals surface area contributed by atoms with E-state index in [0.717, 1.165) is 49.2 Å². The number of piperidine rings is 2. The van der Waals surface area contributed by atoms with Gasteiger partial charge in [-0.3, -0.25) is 4.79 Å². The molecule has 188 valence electrons. The van der Waals surface area contributed by atoms with Gasteiger partial charge >= 0.3 is 12.2 Å². The Balaban J connectivity index is 1.34. The van der Waals surface area contributed by atoms with Crippen molar-refractivity contribution >= 4 is 17.6 Å². The molecule has 2 saturated heterocycles. The average molecular weight is 489 g/mol. The Morgan fingerprint density at radius 3 is 2.37 bits per heavy atom. The van der Waals surface area contributed by atoms with E-state index in [1.807, 2.05) is 13.0 Å². The van der Waals surface area contributed by atoms with Crippen molar-refractivity contribution in [2.24, 2.45) is 0 Å². The zero-order valence-corrected chi connectivity index (χ0v) is 19.8. The van der Waals surface area contributed by atoms with E-state index < -0.39 is 11.7 Å². The van der Waals surface area contributed by atoms with Crippen LogP contribution in [0.3, 0.4) is 0 Å². The number of carbonyl (C=O) groups is 2. The number of carbonyl (C=O) groups excluding carboxylic acids is 2. The van der Waals surface area contributed by atoms with Crippen LogP contribution < -0.4 is 16.0 Å². The van der Waals surface area contributed by atoms with Crippen molar-refractivity contribution in [1.82, 2.24) is 15.5 Å². The minimum absolute atomic E-state index is 0.0832. The molecule has 35 heavy (non-hydrogen) atoms. The molecule has 4 rings (SSSR count). The first-order chi connectivity index (χ1) is 16.7. The number of anilines is 1. The van der Waals surface area contributed by atoms with Gasteiger partial charge in [0, 0.05) is 36.9 Å². The van der Waals surface area contributed by atoms with E-state index in [2.05, 4.69) is 16.0 Å². The van der Waals surface area contributed by atoms with Gasteiger partial charge in [0.1, 0.15) is 0 Å². The maximum atomic E-state index is 13.1. The van der Waals surface area contributed by atoms with Crippen LogP contribution in [0, 0.1) is 6.92 Å². The molecular formula is C26H31F3N4O2. The first kappa shape index (κ1) is 25.0. The summed E-state index contributed by atoms with van der Waals surface area (Å²) in [7, 11) is 0. The fourth-order valence-electron chi connectivity index (χ4n) is 4.75. The van der Waals surface area contributed by atoms with E-state index in [1.54, 1.807) is 17.0 Å². The topological polar surface area (TPSA) is 73.5 Å². The highest BCUT2D eigenvalue weighted by molar-refractivity contribution is 5.97. The molecule has 0 spiro atoms. The second kappa shape index (κ2) is 10.7. The van der Waals surface area contributed by atoms with Crippen LogP contribution in [0.15, 0.2) is 42.5 Å². The molecule has 0 saturated carbocycles. The minimum atomic E-state index is -4.34. The molecule has 2 fully saturated rings. The largest absolute Gasteiger partial charge is 0.416 e. The number of benzene rings is 2. The van der Waals surface area contributed by atoms with Gasteiger partial charge in [0.2, 0.25) is 0 Å². The van der Waals surface area contributed by atoms with Crippen molar-refractivity contribution in [3.05, 3.63) is 64.7 Å². The summed E-state index contributed by atoms with van der Waals surface area (Å²) in [5.41, 5.74) is 2.17. The van der Waals surface area contributed by atoms with Crippen LogP contribution in [0.1, 0.15) is 58.6 Å². The molecule has 9 heteroatoms. The van der Waals surface area contributed by atoms with Gasteiger partial charge < -0.3 is 20.9 Å². The highest BCUT2D eigenvalue weighted by Crippen LogP contribution is 2.33. The van der Waals surface area contributed by atoms with E-state index >= 15 is 0 Å². The summed E-state index contributed by atoms with van der Waals surface area (Å²) < 4.78 is 38.5. The third-order valence-electron chi connectivity index (χ3n) is 6.86. The zero-order chi connectivity index (χ0) is 25.0. The zero-order valence-electron chi connectivity index (χ0n) is 19.8. The first-order valence-corrected chi connectivity index (χ1v) is 12.1. The standard InChI is InChI=1S/C26H31F3N4O2/c1-17-4-5-20(15-23(17)32-25(35)31-22-3-2-12-30-16-22)24(34)33-13-10-19(11-14-33)18-6-8-21(9-7-18)26(27,28)29/h4-9,15,19,22,30H,2-3,10-14,16H2,1H3,(H2,31,32,35). The van der Waals surface area contributed by atoms with Crippen LogP contribution in [0.25, 0.3) is 0 Å². The lowest BCUT2D eigenvalue weighted by molar-refractivity contribution is -0.137. The highest BCUT2D eigenvalue weighted by Gasteiger charge is 2.31. The highest BCUT2D eigenvalue weighted by atomic mass is 19.4. The number of amides is 3. The molecule has 2 aromatic rings. The summed E-state index contributed by atoms with van der Waals surface area (Å²) in [5, 5.41) is 9.10. The fraction of sp³-hybridized carbons (Fsp3) is 0.462. The molecule has 0 aromatic heterocycles. The molecule has 2 heterocycles. The van der Waals surface area contributed by atoms with E-state index in [0.29, 0.717) is 37.2 Å². The number of likely N-dealkylation sites (tertiary alicyclic amines) is 1. The number of rotatable bonds is 4.